The van der Waals surface area contributed by atoms with Gasteiger partial charge in [-0.05, 0) is 73.5 Å². The van der Waals surface area contributed by atoms with Gasteiger partial charge in [0.25, 0.3) is 11.8 Å². The molecule has 1 saturated carbocycles. The highest BCUT2D eigenvalue weighted by Crippen LogP contribution is 2.43. The average Bonchev–Trinajstić information content (AvgIpc) is 4.19. The summed E-state index contributed by atoms with van der Waals surface area (Å²) >= 11 is 11.9. The molecule has 5 amide bonds. The summed E-state index contributed by atoms with van der Waals surface area (Å²) in [5.74, 6) is -4.86. The molecule has 2 saturated heterocycles. The summed E-state index contributed by atoms with van der Waals surface area (Å²) in [5, 5.41) is 41.4. The lowest BCUT2D eigenvalue weighted by Crippen LogP contribution is -2.55. The minimum atomic E-state index is -4.92. The lowest BCUT2D eigenvalue weighted by atomic mass is 9.89. The van der Waals surface area contributed by atoms with Crippen LogP contribution < -0.4 is 20.7 Å². The zero-order valence-electron chi connectivity index (χ0n) is 39.9. The number of piperidine rings is 1. The van der Waals surface area contributed by atoms with E-state index in [4.69, 9.17) is 37.4 Å². The van der Waals surface area contributed by atoms with Crippen LogP contribution in [-0.4, -0.2) is 129 Å². The second kappa shape index (κ2) is 21.1. The molecule has 6 heterocycles. The monoisotopic (exact) mass is 1110 g/mol. The van der Waals surface area contributed by atoms with Crippen molar-refractivity contribution in [2.45, 2.75) is 94.0 Å². The Balaban J connectivity index is 0.807. The molecule has 10 rings (SSSR count). The molecule has 1 unspecified atom stereocenters. The third-order valence-corrected chi connectivity index (χ3v) is 14.0. The van der Waals surface area contributed by atoms with Crippen LogP contribution in [0.1, 0.15) is 81.5 Å². The maximum absolute atomic E-state index is 14.5. The number of amides is 5. The molecule has 402 valence electrons. The van der Waals surface area contributed by atoms with Crippen molar-refractivity contribution in [2.75, 3.05) is 18.5 Å². The van der Waals surface area contributed by atoms with Gasteiger partial charge in [-0.3, -0.25) is 29.3 Å². The summed E-state index contributed by atoms with van der Waals surface area (Å²) < 4.78 is 92.8. The van der Waals surface area contributed by atoms with E-state index in [1.165, 1.54) is 42.4 Å². The van der Waals surface area contributed by atoms with Crippen LogP contribution in [0, 0.1) is 18.6 Å². The van der Waals surface area contributed by atoms with E-state index in [2.05, 4.69) is 41.3 Å². The van der Waals surface area contributed by atoms with E-state index in [-0.39, 0.29) is 53.0 Å². The minimum absolute atomic E-state index is 0.0304. The number of ether oxygens (including phenoxy) is 3. The molecule has 0 bridgehead atoms. The van der Waals surface area contributed by atoms with Crippen LogP contribution in [0.15, 0.2) is 73.1 Å². The highest BCUT2D eigenvalue weighted by Gasteiger charge is 2.51. The Kier molecular flexibility index (Phi) is 14.5. The van der Waals surface area contributed by atoms with Gasteiger partial charge in [0.1, 0.15) is 88.8 Å². The molecule has 3 aromatic carbocycles. The molecule has 77 heavy (non-hydrogen) atoms. The first-order valence-corrected chi connectivity index (χ1v) is 24.4. The molecule has 4 aliphatic rings. The van der Waals surface area contributed by atoms with Gasteiger partial charge in [0.2, 0.25) is 17.7 Å². The number of carbonyl (C=O) groups is 5. The molecule has 3 fully saturated rings. The van der Waals surface area contributed by atoms with Gasteiger partial charge >= 0.3 is 6.18 Å². The van der Waals surface area contributed by atoms with Crippen molar-refractivity contribution in [1.82, 2.24) is 50.3 Å². The Morgan fingerprint density at radius 2 is 1.78 bits per heavy atom. The number of nitrogens with zero attached hydrogens (tertiary/aromatic N) is 8. The first-order valence-electron chi connectivity index (χ1n) is 23.7. The van der Waals surface area contributed by atoms with E-state index >= 15 is 0 Å². The van der Waals surface area contributed by atoms with Crippen molar-refractivity contribution in [3.8, 4) is 22.7 Å². The number of hydrogen-bond acceptors (Lipinski definition) is 15. The van der Waals surface area contributed by atoms with E-state index in [9.17, 15) is 56.1 Å². The number of rotatable bonds is 14. The molecule has 28 heteroatoms. The van der Waals surface area contributed by atoms with Crippen molar-refractivity contribution in [2.24, 2.45) is 0 Å². The number of imide groups is 1. The normalized spacial score (nSPS) is 23.3. The van der Waals surface area contributed by atoms with Gasteiger partial charge in [0.05, 0.1) is 30.3 Å². The van der Waals surface area contributed by atoms with Gasteiger partial charge < -0.3 is 40.0 Å². The van der Waals surface area contributed by atoms with Crippen molar-refractivity contribution >= 4 is 58.4 Å². The van der Waals surface area contributed by atoms with Gasteiger partial charge in [-0.1, -0.05) is 34.5 Å². The molecule has 1 aliphatic carbocycles. The highest BCUT2D eigenvalue weighted by atomic mass is 35.5. The van der Waals surface area contributed by atoms with Gasteiger partial charge in [-0.15, -0.1) is 5.10 Å². The third-order valence-electron chi connectivity index (χ3n) is 13.4. The number of hydrogen-bond donors (Lipinski definition) is 5. The fourth-order valence-corrected chi connectivity index (χ4v) is 9.86. The van der Waals surface area contributed by atoms with E-state index in [0.717, 1.165) is 39.7 Å². The molecule has 5 N–H and O–H groups in total. The van der Waals surface area contributed by atoms with E-state index < -0.39 is 125 Å². The van der Waals surface area contributed by atoms with Crippen LogP contribution >= 0.6 is 23.2 Å². The SMILES string of the molecule is Cc1nc([C@@H]2O[C@H](CO)[C@H](O)[C@H](n3cc(-c4cc(F)c(Cl)c(F)c4)nn3)[C@H]2OCC(=O)N[C@H]2C[C@@H](Oc3ccc(C(=O)Nc4ccc5c(c4)C(=O)N(C4CCC(=O)NC4=O)C5)nc3)C2)n(-c2cc(Cl)ccc2C(F)(F)F)n1. The molecule has 0 spiro atoms. The topological polar surface area (TPSA) is 267 Å². The number of aliphatic hydroxyl groups excluding tert-OH is 2. The zero-order chi connectivity index (χ0) is 54.6. The van der Waals surface area contributed by atoms with Crippen molar-refractivity contribution in [1.29, 1.82) is 0 Å². The number of halogens is 7. The Morgan fingerprint density at radius 1 is 1.01 bits per heavy atom. The lowest BCUT2D eigenvalue weighted by molar-refractivity contribution is -0.223. The molecule has 6 aromatic rings. The van der Waals surface area contributed by atoms with Crippen molar-refractivity contribution in [3.05, 3.63) is 129 Å². The van der Waals surface area contributed by atoms with Crippen LogP contribution in [0.5, 0.6) is 5.75 Å². The number of pyridine rings is 1. The summed E-state index contributed by atoms with van der Waals surface area (Å²) in [6, 6.07) is 9.64. The summed E-state index contributed by atoms with van der Waals surface area (Å²) in [5.41, 5.74) is -0.633. The van der Waals surface area contributed by atoms with Crippen molar-refractivity contribution < 1.29 is 70.3 Å². The zero-order valence-corrected chi connectivity index (χ0v) is 41.4. The fraction of sp³-hybridized carbons (Fsp3) is 0.347. The second-order valence-electron chi connectivity index (χ2n) is 18.5. The van der Waals surface area contributed by atoms with E-state index in [1.54, 1.807) is 12.1 Å². The summed E-state index contributed by atoms with van der Waals surface area (Å²) in [6.07, 6.45) is -8.27. The average molecular weight is 1110 g/mol. The largest absolute Gasteiger partial charge is 0.489 e. The Bertz CT molecular complexity index is 3300. The smallest absolute Gasteiger partial charge is 0.418 e. The fourth-order valence-electron chi connectivity index (χ4n) is 9.59. The molecule has 6 atom stereocenters. The molecule has 0 radical (unpaired) electrons. The number of aliphatic hydroxyl groups is 2. The summed E-state index contributed by atoms with van der Waals surface area (Å²) in [7, 11) is 0. The predicted molar refractivity (Wildman–Crippen MR) is 256 cm³/mol. The standard InChI is InChI=1S/C49H42Cl2F5N11O10/c1-21-58-45(67(63-21)36-12-24(50)3-6-30(36)49(54,55)56)44-43(41(42(71)37(19-68)77-44)66-18-34(62-64-66)23-10-31(52)40(51)32(53)11-23)75-20-39(70)59-26-13-28(14-26)76-27-5-7-33(57-16-27)46(72)60-25-4-2-22-17-65(48(74)29(22)15-25)35-8-9-38(69)61-47(35)73/h2-7,10-12,15-16,18,26,28,35,37,41-44,68,71H,8-9,13-14,17,19-20H2,1H3,(H,59,70)(H,60,72)(H,61,69,73)/t26-,28+,35?,37-,41+,42+,43-,44-/m1/s1. The Labute approximate surface area is 441 Å². The number of benzene rings is 3. The third kappa shape index (κ3) is 10.8. The van der Waals surface area contributed by atoms with Crippen LogP contribution in [0.2, 0.25) is 10.0 Å². The van der Waals surface area contributed by atoms with Crippen LogP contribution in [-0.2, 0) is 36.6 Å². The van der Waals surface area contributed by atoms with Crippen LogP contribution in [0.25, 0.3) is 16.9 Å². The molecule has 3 aromatic heterocycles. The molecular weight excluding hydrogens is 1070 g/mol. The maximum Gasteiger partial charge on any atom is 0.418 e. The quantitative estimate of drug-likeness (QED) is 0.0546. The highest BCUT2D eigenvalue weighted by molar-refractivity contribution is 6.31. The van der Waals surface area contributed by atoms with E-state index in [0.29, 0.717) is 35.4 Å². The first kappa shape index (κ1) is 52.9. The number of nitrogens with one attached hydrogen (secondary N) is 3. The van der Waals surface area contributed by atoms with Crippen LogP contribution in [0.4, 0.5) is 27.6 Å². The summed E-state index contributed by atoms with van der Waals surface area (Å²) in [4.78, 5) is 74.1. The number of alkyl halides is 3. The van der Waals surface area contributed by atoms with Crippen LogP contribution in [0.3, 0.4) is 0 Å². The molecular formula is C49H42Cl2F5N11O10. The number of carbonyl (C=O) groups excluding carboxylic acids is 5. The minimum Gasteiger partial charge on any atom is -0.489 e. The molecule has 3 aliphatic heterocycles. The molecule has 21 nitrogen and oxygen atoms in total. The Morgan fingerprint density at radius 3 is 2.48 bits per heavy atom. The number of aromatic nitrogens is 7. The number of aryl methyl sites for hydroxylation is 1. The Hall–Kier alpha value is -7.49. The summed E-state index contributed by atoms with van der Waals surface area (Å²) in [6.45, 7) is -0.0382. The van der Waals surface area contributed by atoms with E-state index in [1.807, 2.05) is 0 Å². The van der Waals surface area contributed by atoms with Crippen molar-refractivity contribution in [3.63, 3.8) is 0 Å². The number of fused-ring (bicyclic) bond motifs is 1. The van der Waals surface area contributed by atoms with Gasteiger partial charge in [-0.25, -0.2) is 28.1 Å². The predicted octanol–water partition coefficient (Wildman–Crippen LogP) is 4.99. The second-order valence-corrected chi connectivity index (χ2v) is 19.4. The first-order chi connectivity index (χ1) is 36.7. The van der Waals surface area contributed by atoms with Gasteiger partial charge in [0, 0.05) is 53.7 Å². The lowest BCUT2D eigenvalue weighted by Gasteiger charge is -2.43. The maximum atomic E-state index is 14.5. The van der Waals surface area contributed by atoms with Gasteiger partial charge in [-0.2, -0.15) is 18.3 Å². The van der Waals surface area contributed by atoms with Gasteiger partial charge in [0.15, 0.2) is 5.82 Å². The number of anilines is 1.